The lowest BCUT2D eigenvalue weighted by molar-refractivity contribution is 0.00840. The predicted octanol–water partition coefficient (Wildman–Crippen LogP) is -0.510. The Labute approximate surface area is 88.6 Å². The number of nitrogens with one attached hydrogen (secondary N) is 1. The van der Waals surface area contributed by atoms with Crippen LogP contribution in [-0.2, 0) is 11.3 Å². The fraction of sp³-hybridized carbons (Fsp3) is 0.778. The third-order valence-corrected chi connectivity index (χ3v) is 2.34. The quantitative estimate of drug-likeness (QED) is 0.725. The second kappa shape index (κ2) is 5.20. The lowest BCUT2D eigenvalue weighted by atomic mass is 10.3. The smallest absolute Gasteiger partial charge is 0.213 e. The van der Waals surface area contributed by atoms with E-state index in [1.807, 2.05) is 7.05 Å². The first-order chi connectivity index (χ1) is 7.34. The lowest BCUT2D eigenvalue weighted by Gasteiger charge is -2.27. The molecule has 1 atom stereocenters. The summed E-state index contributed by atoms with van der Waals surface area (Å²) in [6.45, 7) is 4.22. The highest BCUT2D eigenvalue weighted by molar-refractivity contribution is 4.79. The number of ether oxygens (including phenoxy) is 1. The van der Waals surface area contributed by atoms with Gasteiger partial charge in [-0.2, -0.15) is 4.98 Å². The Hall–Kier alpha value is -0.980. The average Bonchev–Trinajstić information content (AvgIpc) is 2.71. The summed E-state index contributed by atoms with van der Waals surface area (Å²) in [5, 5.41) is 7.06. The van der Waals surface area contributed by atoms with Crippen LogP contribution in [0.4, 0.5) is 0 Å². The van der Waals surface area contributed by atoms with Crippen molar-refractivity contribution in [3.8, 4) is 0 Å². The van der Waals surface area contributed by atoms with Crippen molar-refractivity contribution in [1.82, 2.24) is 20.4 Å². The van der Waals surface area contributed by atoms with E-state index in [9.17, 15) is 0 Å². The third-order valence-electron chi connectivity index (χ3n) is 2.34. The van der Waals surface area contributed by atoms with Crippen molar-refractivity contribution in [3.63, 3.8) is 0 Å². The van der Waals surface area contributed by atoms with Crippen molar-refractivity contribution in [1.29, 1.82) is 0 Å². The van der Waals surface area contributed by atoms with Gasteiger partial charge in [0.1, 0.15) is 0 Å². The Morgan fingerprint density at radius 3 is 3.27 bits per heavy atom. The summed E-state index contributed by atoms with van der Waals surface area (Å²) in [7, 11) is 2.02. The number of rotatable bonds is 4. The molecular weight excluding hydrogens is 196 g/mol. The van der Waals surface area contributed by atoms with Crippen LogP contribution in [0.3, 0.4) is 0 Å². The van der Waals surface area contributed by atoms with E-state index >= 15 is 0 Å². The molecule has 0 aliphatic carbocycles. The van der Waals surface area contributed by atoms with E-state index < -0.39 is 0 Å². The molecule has 0 saturated carbocycles. The van der Waals surface area contributed by atoms with Gasteiger partial charge in [0, 0.05) is 19.6 Å². The van der Waals surface area contributed by atoms with Crippen molar-refractivity contribution < 1.29 is 9.26 Å². The molecule has 84 valence electrons. The number of aromatic nitrogens is 2. The summed E-state index contributed by atoms with van der Waals surface area (Å²) in [6.07, 6.45) is 1.61. The number of hydrogen-bond acceptors (Lipinski definition) is 6. The topological polar surface area (TPSA) is 63.4 Å². The van der Waals surface area contributed by atoms with Crippen molar-refractivity contribution in [2.75, 3.05) is 33.3 Å². The molecule has 6 nitrogen and oxygen atoms in total. The van der Waals surface area contributed by atoms with Crippen molar-refractivity contribution in [2.24, 2.45) is 0 Å². The van der Waals surface area contributed by atoms with Crippen molar-refractivity contribution >= 4 is 0 Å². The maximum absolute atomic E-state index is 5.60. The zero-order valence-corrected chi connectivity index (χ0v) is 8.85. The summed E-state index contributed by atoms with van der Waals surface area (Å²) >= 11 is 0. The normalized spacial score (nSPS) is 22.1. The van der Waals surface area contributed by atoms with E-state index in [2.05, 4.69) is 24.9 Å². The molecule has 0 bridgehead atoms. The fourth-order valence-electron chi connectivity index (χ4n) is 1.65. The molecule has 1 fully saturated rings. The van der Waals surface area contributed by atoms with E-state index in [0.717, 1.165) is 26.2 Å². The Bertz CT molecular complexity index is 272. The van der Waals surface area contributed by atoms with Gasteiger partial charge < -0.3 is 14.6 Å². The van der Waals surface area contributed by atoms with Crippen LogP contribution in [0.1, 0.15) is 5.82 Å². The predicted molar refractivity (Wildman–Crippen MR) is 53.2 cm³/mol. The monoisotopic (exact) mass is 212 g/mol. The van der Waals surface area contributed by atoms with Gasteiger partial charge in [0.05, 0.1) is 19.3 Å². The van der Waals surface area contributed by atoms with Gasteiger partial charge >= 0.3 is 0 Å². The summed E-state index contributed by atoms with van der Waals surface area (Å²) in [4.78, 5) is 6.10. The molecule has 0 amide bonds. The lowest BCUT2D eigenvalue weighted by Crippen LogP contribution is -2.44. The number of morpholine rings is 1. The standard InChI is InChI=1S/C9H16N4O2/c1-13(6-9-11-7-15-12-9)5-8-4-10-2-3-14-8/h7-8,10H,2-6H2,1H3. The van der Waals surface area contributed by atoms with Gasteiger partial charge in [0.15, 0.2) is 5.82 Å². The highest BCUT2D eigenvalue weighted by Crippen LogP contribution is 2.01. The van der Waals surface area contributed by atoms with Crippen LogP contribution in [0.15, 0.2) is 10.9 Å². The van der Waals surface area contributed by atoms with E-state index in [1.165, 1.54) is 6.39 Å². The van der Waals surface area contributed by atoms with E-state index in [4.69, 9.17) is 4.74 Å². The van der Waals surface area contributed by atoms with Gasteiger partial charge in [-0.3, -0.25) is 4.90 Å². The van der Waals surface area contributed by atoms with Crippen LogP contribution < -0.4 is 5.32 Å². The molecule has 15 heavy (non-hydrogen) atoms. The molecular formula is C9H16N4O2. The zero-order valence-electron chi connectivity index (χ0n) is 8.85. The summed E-state index contributed by atoms with van der Waals surface area (Å²) in [5.41, 5.74) is 0. The minimum atomic E-state index is 0.260. The Kier molecular flexibility index (Phi) is 3.65. The second-order valence-electron chi connectivity index (χ2n) is 3.74. The van der Waals surface area contributed by atoms with E-state index in [1.54, 1.807) is 0 Å². The largest absolute Gasteiger partial charge is 0.374 e. The summed E-state index contributed by atoms with van der Waals surface area (Å²) in [5.74, 6) is 0.710. The number of nitrogens with zero attached hydrogens (tertiary/aromatic N) is 3. The van der Waals surface area contributed by atoms with E-state index in [0.29, 0.717) is 12.4 Å². The maximum Gasteiger partial charge on any atom is 0.213 e. The molecule has 0 radical (unpaired) electrons. The zero-order chi connectivity index (χ0) is 10.5. The average molecular weight is 212 g/mol. The molecule has 1 aromatic rings. The highest BCUT2D eigenvalue weighted by Gasteiger charge is 2.16. The first-order valence-corrected chi connectivity index (χ1v) is 5.10. The molecule has 6 heteroatoms. The molecule has 1 aliphatic rings. The molecule has 1 saturated heterocycles. The minimum absolute atomic E-state index is 0.260. The Morgan fingerprint density at radius 1 is 1.67 bits per heavy atom. The summed E-state index contributed by atoms with van der Waals surface area (Å²) < 4.78 is 10.3. The molecule has 0 spiro atoms. The van der Waals surface area contributed by atoms with Crippen LogP contribution in [0.25, 0.3) is 0 Å². The van der Waals surface area contributed by atoms with Gasteiger partial charge in [0.2, 0.25) is 6.39 Å². The van der Waals surface area contributed by atoms with Crippen LogP contribution in [0.5, 0.6) is 0 Å². The van der Waals surface area contributed by atoms with Crippen LogP contribution in [-0.4, -0.2) is 54.4 Å². The van der Waals surface area contributed by atoms with Crippen LogP contribution in [0, 0.1) is 0 Å². The van der Waals surface area contributed by atoms with Gasteiger partial charge in [-0.1, -0.05) is 5.16 Å². The highest BCUT2D eigenvalue weighted by atomic mass is 16.5. The molecule has 2 heterocycles. The second-order valence-corrected chi connectivity index (χ2v) is 3.74. The molecule has 1 unspecified atom stereocenters. The molecule has 1 aromatic heterocycles. The SMILES string of the molecule is CN(Cc1ncon1)CC1CNCCO1. The van der Waals surface area contributed by atoms with E-state index in [-0.39, 0.29) is 6.10 Å². The van der Waals surface area contributed by atoms with Crippen LogP contribution in [0.2, 0.25) is 0 Å². The molecule has 1 aliphatic heterocycles. The molecule has 1 N–H and O–H groups in total. The molecule has 0 aromatic carbocycles. The summed E-state index contributed by atoms with van der Waals surface area (Å²) in [6, 6.07) is 0. The van der Waals surface area contributed by atoms with Gasteiger partial charge in [0.25, 0.3) is 0 Å². The Balaban J connectivity index is 1.74. The van der Waals surface area contributed by atoms with Gasteiger partial charge in [-0.05, 0) is 7.05 Å². The minimum Gasteiger partial charge on any atom is -0.374 e. The molecule has 2 rings (SSSR count). The third kappa shape index (κ3) is 3.26. The number of likely N-dealkylation sites (N-methyl/N-ethyl adjacent to an activating group) is 1. The first kappa shape index (κ1) is 10.5. The van der Waals surface area contributed by atoms with Crippen LogP contribution >= 0.6 is 0 Å². The first-order valence-electron chi connectivity index (χ1n) is 5.10. The van der Waals surface area contributed by atoms with Gasteiger partial charge in [-0.25, -0.2) is 0 Å². The van der Waals surface area contributed by atoms with Crippen molar-refractivity contribution in [2.45, 2.75) is 12.6 Å². The Morgan fingerprint density at radius 2 is 2.60 bits per heavy atom. The number of hydrogen-bond donors (Lipinski definition) is 1. The van der Waals surface area contributed by atoms with Crippen molar-refractivity contribution in [3.05, 3.63) is 12.2 Å². The maximum atomic E-state index is 5.60. The van der Waals surface area contributed by atoms with Gasteiger partial charge in [-0.15, -0.1) is 0 Å². The fourth-order valence-corrected chi connectivity index (χ4v) is 1.65.